The Balaban J connectivity index is 1.88. The van der Waals surface area contributed by atoms with E-state index in [2.05, 4.69) is 16.3 Å². The Labute approximate surface area is 120 Å². The van der Waals surface area contributed by atoms with Gasteiger partial charge in [0.25, 0.3) is 0 Å². The van der Waals surface area contributed by atoms with Gasteiger partial charge in [-0.2, -0.15) is 0 Å². The third-order valence-electron chi connectivity index (χ3n) is 3.39. The van der Waals surface area contributed by atoms with Crippen LogP contribution in [-0.4, -0.2) is 11.5 Å². The fraction of sp³-hybridized carbons (Fsp3) is 0.214. The Morgan fingerprint density at radius 3 is 2.95 bits per heavy atom. The maximum atomic E-state index is 13.9. The van der Waals surface area contributed by atoms with E-state index in [0.29, 0.717) is 5.56 Å². The number of benzene rings is 1. The molecule has 0 atom stereocenters. The lowest BCUT2D eigenvalue weighted by Gasteiger charge is -2.29. The Kier molecular flexibility index (Phi) is 3.24. The highest BCUT2D eigenvalue weighted by Gasteiger charge is 2.18. The predicted octanol–water partition coefficient (Wildman–Crippen LogP) is 3.08. The van der Waals surface area contributed by atoms with Crippen LogP contribution in [0.4, 0.5) is 10.1 Å². The molecule has 2 nitrogen and oxygen atoms in total. The molecule has 0 unspecified atom stereocenters. The van der Waals surface area contributed by atoms with Crippen molar-refractivity contribution in [3.63, 3.8) is 0 Å². The molecule has 0 radical (unpaired) electrons. The first kappa shape index (κ1) is 12.6. The molecule has 0 amide bonds. The monoisotopic (exact) mass is 292 g/mol. The van der Waals surface area contributed by atoms with E-state index in [1.54, 1.807) is 17.4 Å². The topological polar surface area (TPSA) is 29.3 Å². The van der Waals surface area contributed by atoms with Crippen LogP contribution in [0.2, 0.25) is 0 Å². The number of nitrogens with zero attached hydrogens (tertiary/aromatic N) is 1. The zero-order chi connectivity index (χ0) is 13.4. The Hall–Kier alpha value is -1.46. The van der Waals surface area contributed by atoms with Crippen molar-refractivity contribution in [2.45, 2.75) is 13.0 Å². The van der Waals surface area contributed by atoms with E-state index < -0.39 is 0 Å². The number of anilines is 1. The molecule has 1 aromatic heterocycles. The second-order valence-electron chi connectivity index (χ2n) is 4.57. The highest BCUT2D eigenvalue weighted by atomic mass is 32.1. The summed E-state index contributed by atoms with van der Waals surface area (Å²) in [5.74, 6) is -0.346. The molecule has 2 N–H and O–H groups in total. The average Bonchev–Trinajstić information content (AvgIpc) is 2.85. The van der Waals surface area contributed by atoms with Crippen LogP contribution in [0.1, 0.15) is 16.0 Å². The van der Waals surface area contributed by atoms with Crippen LogP contribution in [0, 0.1) is 5.82 Å². The average molecular weight is 292 g/mol. The van der Waals surface area contributed by atoms with Crippen LogP contribution in [0.25, 0.3) is 0 Å². The SMILES string of the molecule is NC(=S)c1ccc(N2CCc3sccc3C2)cc1F. The minimum atomic E-state index is -0.346. The summed E-state index contributed by atoms with van der Waals surface area (Å²) >= 11 is 6.61. The van der Waals surface area contributed by atoms with E-state index in [1.165, 1.54) is 16.5 Å². The third-order valence-corrected chi connectivity index (χ3v) is 4.63. The van der Waals surface area contributed by atoms with E-state index in [9.17, 15) is 4.39 Å². The summed E-state index contributed by atoms with van der Waals surface area (Å²) in [4.78, 5) is 3.72. The zero-order valence-corrected chi connectivity index (χ0v) is 11.9. The number of rotatable bonds is 2. The van der Waals surface area contributed by atoms with Crippen LogP contribution in [0.3, 0.4) is 0 Å². The summed E-state index contributed by atoms with van der Waals surface area (Å²) in [5.41, 5.74) is 8.01. The molecule has 0 aliphatic carbocycles. The molecular formula is C14H13FN2S2. The summed E-state index contributed by atoms with van der Waals surface area (Å²) < 4.78 is 13.9. The second kappa shape index (κ2) is 4.90. The minimum absolute atomic E-state index is 0.0998. The molecule has 19 heavy (non-hydrogen) atoms. The first-order valence-corrected chi connectivity index (χ1v) is 7.33. The summed E-state index contributed by atoms with van der Waals surface area (Å²) in [7, 11) is 0. The van der Waals surface area contributed by atoms with Crippen LogP contribution >= 0.6 is 23.6 Å². The van der Waals surface area contributed by atoms with Gasteiger partial charge in [0.2, 0.25) is 0 Å². The number of thiocarbonyl (C=S) groups is 1. The predicted molar refractivity (Wildman–Crippen MR) is 81.4 cm³/mol. The molecule has 0 bridgehead atoms. The van der Waals surface area contributed by atoms with Crippen molar-refractivity contribution in [1.82, 2.24) is 0 Å². The van der Waals surface area contributed by atoms with Crippen molar-refractivity contribution in [1.29, 1.82) is 0 Å². The first-order valence-electron chi connectivity index (χ1n) is 6.04. The van der Waals surface area contributed by atoms with E-state index in [0.717, 1.165) is 25.2 Å². The quantitative estimate of drug-likeness (QED) is 0.863. The molecule has 98 valence electrons. The summed E-state index contributed by atoms with van der Waals surface area (Å²) in [6.07, 6.45) is 1.02. The minimum Gasteiger partial charge on any atom is -0.389 e. The summed E-state index contributed by atoms with van der Waals surface area (Å²) in [5, 5.41) is 2.12. The van der Waals surface area contributed by atoms with Gasteiger partial charge in [0.05, 0.1) is 0 Å². The lowest BCUT2D eigenvalue weighted by Crippen LogP contribution is -2.29. The Morgan fingerprint density at radius 1 is 1.37 bits per heavy atom. The van der Waals surface area contributed by atoms with Gasteiger partial charge in [-0.05, 0) is 41.6 Å². The van der Waals surface area contributed by atoms with Gasteiger partial charge in [-0.3, -0.25) is 0 Å². The molecule has 0 saturated carbocycles. The molecule has 1 aliphatic heterocycles. The van der Waals surface area contributed by atoms with Crippen LogP contribution < -0.4 is 10.6 Å². The highest BCUT2D eigenvalue weighted by molar-refractivity contribution is 7.80. The Bertz CT molecular complexity index is 636. The van der Waals surface area contributed by atoms with E-state index in [4.69, 9.17) is 18.0 Å². The van der Waals surface area contributed by atoms with Gasteiger partial charge >= 0.3 is 0 Å². The number of hydrogen-bond donors (Lipinski definition) is 1. The normalized spacial score (nSPS) is 14.3. The molecule has 2 heterocycles. The van der Waals surface area contributed by atoms with Crippen molar-refractivity contribution in [2.24, 2.45) is 5.73 Å². The number of thiophene rings is 1. The van der Waals surface area contributed by atoms with Gasteiger partial charge in [-0.1, -0.05) is 12.2 Å². The molecule has 1 aliphatic rings. The van der Waals surface area contributed by atoms with E-state index in [-0.39, 0.29) is 10.8 Å². The number of halogens is 1. The smallest absolute Gasteiger partial charge is 0.135 e. The molecule has 1 aromatic carbocycles. The lowest BCUT2D eigenvalue weighted by atomic mass is 10.1. The summed E-state index contributed by atoms with van der Waals surface area (Å²) in [6, 6.07) is 7.21. The maximum absolute atomic E-state index is 13.9. The largest absolute Gasteiger partial charge is 0.389 e. The van der Waals surface area contributed by atoms with Gasteiger partial charge < -0.3 is 10.6 Å². The van der Waals surface area contributed by atoms with Crippen molar-refractivity contribution >= 4 is 34.2 Å². The standard InChI is InChI=1S/C14H13FN2S2/c15-12-7-10(1-2-11(12)14(16)18)17-5-3-13-9(8-17)4-6-19-13/h1-2,4,6-7H,3,5,8H2,(H2,16,18). The highest BCUT2D eigenvalue weighted by Crippen LogP contribution is 2.28. The van der Waals surface area contributed by atoms with Gasteiger partial charge in [-0.25, -0.2) is 4.39 Å². The van der Waals surface area contributed by atoms with Crippen LogP contribution in [0.15, 0.2) is 29.6 Å². The van der Waals surface area contributed by atoms with E-state index >= 15 is 0 Å². The fourth-order valence-electron chi connectivity index (χ4n) is 2.37. The van der Waals surface area contributed by atoms with Crippen molar-refractivity contribution < 1.29 is 4.39 Å². The van der Waals surface area contributed by atoms with E-state index in [1.807, 2.05) is 6.07 Å². The molecule has 0 saturated heterocycles. The molecule has 2 aromatic rings. The van der Waals surface area contributed by atoms with Gasteiger partial charge in [-0.15, -0.1) is 11.3 Å². The van der Waals surface area contributed by atoms with Crippen molar-refractivity contribution in [2.75, 3.05) is 11.4 Å². The summed E-state index contributed by atoms with van der Waals surface area (Å²) in [6.45, 7) is 1.75. The van der Waals surface area contributed by atoms with Crippen LogP contribution in [0.5, 0.6) is 0 Å². The first-order chi connectivity index (χ1) is 9.15. The molecule has 3 rings (SSSR count). The Morgan fingerprint density at radius 2 is 2.21 bits per heavy atom. The van der Waals surface area contributed by atoms with Crippen molar-refractivity contribution in [3.05, 3.63) is 51.5 Å². The fourth-order valence-corrected chi connectivity index (χ4v) is 3.42. The second-order valence-corrected chi connectivity index (χ2v) is 6.01. The van der Waals surface area contributed by atoms with Crippen LogP contribution in [-0.2, 0) is 13.0 Å². The third kappa shape index (κ3) is 2.35. The number of fused-ring (bicyclic) bond motifs is 1. The number of hydrogen-bond acceptors (Lipinski definition) is 3. The lowest BCUT2D eigenvalue weighted by molar-refractivity contribution is 0.623. The molecule has 0 spiro atoms. The van der Waals surface area contributed by atoms with Gasteiger partial charge in [0.1, 0.15) is 10.8 Å². The molecule has 5 heteroatoms. The van der Waals surface area contributed by atoms with Crippen molar-refractivity contribution in [3.8, 4) is 0 Å². The molecule has 0 fully saturated rings. The number of nitrogens with two attached hydrogens (primary N) is 1. The van der Waals surface area contributed by atoms with Gasteiger partial charge in [0, 0.05) is 29.2 Å². The van der Waals surface area contributed by atoms with Gasteiger partial charge in [0.15, 0.2) is 0 Å². The molecular weight excluding hydrogens is 279 g/mol. The maximum Gasteiger partial charge on any atom is 0.135 e. The zero-order valence-electron chi connectivity index (χ0n) is 10.2.